The molecule has 1 saturated heterocycles. The fourth-order valence-corrected chi connectivity index (χ4v) is 5.37. The average molecular weight is 496 g/mol. The number of rotatable bonds is 8. The molecule has 0 spiro atoms. The Kier molecular flexibility index (Phi) is 7.70. The predicted octanol–water partition coefficient (Wildman–Crippen LogP) is 3.46. The Morgan fingerprint density at radius 2 is 1.63 bits per heavy atom. The van der Waals surface area contributed by atoms with Gasteiger partial charge in [0.15, 0.2) is 0 Å². The van der Waals surface area contributed by atoms with E-state index >= 15 is 0 Å². The number of nitrogens with zero attached hydrogens (tertiary/aromatic N) is 2. The fraction of sp³-hybridized carbons (Fsp3) is 0.269. The van der Waals surface area contributed by atoms with Gasteiger partial charge in [-0.1, -0.05) is 30.3 Å². The average Bonchev–Trinajstić information content (AvgIpc) is 2.88. The number of hydrogen-bond donors (Lipinski definition) is 1. The maximum Gasteiger partial charge on any atom is 0.255 e. The van der Waals surface area contributed by atoms with E-state index in [1.54, 1.807) is 30.3 Å². The van der Waals surface area contributed by atoms with Crippen molar-refractivity contribution in [2.24, 2.45) is 0 Å². The first-order chi connectivity index (χ1) is 16.9. The number of nitrogens with one attached hydrogen (secondary N) is 1. The van der Waals surface area contributed by atoms with Crippen LogP contribution in [0.25, 0.3) is 0 Å². The highest BCUT2D eigenvalue weighted by Gasteiger charge is 2.30. The summed E-state index contributed by atoms with van der Waals surface area (Å²) in [5.41, 5.74) is 1.86. The molecule has 0 bridgehead atoms. The van der Waals surface area contributed by atoms with Crippen molar-refractivity contribution in [3.63, 3.8) is 0 Å². The van der Waals surface area contributed by atoms with Crippen LogP contribution in [0.15, 0.2) is 77.7 Å². The van der Waals surface area contributed by atoms with Crippen LogP contribution in [0, 0.1) is 0 Å². The summed E-state index contributed by atoms with van der Waals surface area (Å²) in [5.74, 6) is 0.470. The molecule has 0 aromatic heterocycles. The standard InChI is InChI=1S/C26H29N3O5S/c1-28-14-16-29(17-15-28)35(31,32)25-18-21(8-13-24(25)33-2)26(30)27-22-9-11-23(12-10-22)34-19-20-6-4-3-5-7-20/h3-13,18H,14-17,19H2,1-2H3,(H,27,30). The third-order valence-corrected chi connectivity index (χ3v) is 7.79. The van der Waals surface area contributed by atoms with E-state index in [1.165, 1.54) is 23.5 Å². The Balaban J connectivity index is 1.46. The third-order valence-electron chi connectivity index (χ3n) is 5.87. The summed E-state index contributed by atoms with van der Waals surface area (Å²) >= 11 is 0. The van der Waals surface area contributed by atoms with Gasteiger partial charge in [-0.2, -0.15) is 4.31 Å². The molecule has 3 aromatic rings. The van der Waals surface area contributed by atoms with Gasteiger partial charge < -0.3 is 19.7 Å². The minimum absolute atomic E-state index is 0.0122. The van der Waals surface area contributed by atoms with Crippen LogP contribution >= 0.6 is 0 Å². The predicted molar refractivity (Wildman–Crippen MR) is 134 cm³/mol. The molecule has 1 aliphatic heterocycles. The molecule has 0 saturated carbocycles. The van der Waals surface area contributed by atoms with Crippen molar-refractivity contribution in [1.29, 1.82) is 0 Å². The Hall–Kier alpha value is -3.40. The number of amides is 1. The van der Waals surface area contributed by atoms with E-state index in [1.807, 2.05) is 37.4 Å². The summed E-state index contributed by atoms with van der Waals surface area (Å²) in [5, 5.41) is 2.81. The van der Waals surface area contributed by atoms with Crippen LogP contribution < -0.4 is 14.8 Å². The first-order valence-electron chi connectivity index (χ1n) is 11.3. The van der Waals surface area contributed by atoms with Crippen LogP contribution in [0.1, 0.15) is 15.9 Å². The smallest absolute Gasteiger partial charge is 0.255 e. The van der Waals surface area contributed by atoms with Crippen LogP contribution in [0.2, 0.25) is 0 Å². The molecular formula is C26H29N3O5S. The number of anilines is 1. The zero-order chi connectivity index (χ0) is 24.8. The number of likely N-dealkylation sites (N-methyl/N-ethyl adjacent to an activating group) is 1. The van der Waals surface area contributed by atoms with Crippen molar-refractivity contribution < 1.29 is 22.7 Å². The van der Waals surface area contributed by atoms with Gasteiger partial charge in [-0.25, -0.2) is 8.42 Å². The lowest BCUT2D eigenvalue weighted by Gasteiger charge is -2.31. The Bertz CT molecular complexity index is 1260. The van der Waals surface area contributed by atoms with E-state index in [2.05, 4.69) is 10.2 Å². The van der Waals surface area contributed by atoms with E-state index in [0.29, 0.717) is 44.2 Å². The van der Waals surface area contributed by atoms with Crippen LogP contribution in [0.4, 0.5) is 5.69 Å². The second-order valence-corrected chi connectivity index (χ2v) is 10.2. The molecule has 1 aliphatic rings. The molecule has 1 amide bonds. The number of sulfonamides is 1. The van der Waals surface area contributed by atoms with Crippen molar-refractivity contribution in [3.05, 3.63) is 83.9 Å². The lowest BCUT2D eigenvalue weighted by atomic mass is 10.2. The molecule has 0 aliphatic carbocycles. The highest BCUT2D eigenvalue weighted by Crippen LogP contribution is 2.29. The highest BCUT2D eigenvalue weighted by molar-refractivity contribution is 7.89. The quantitative estimate of drug-likeness (QED) is 0.515. The molecule has 0 unspecified atom stereocenters. The molecule has 35 heavy (non-hydrogen) atoms. The van der Waals surface area contributed by atoms with Gasteiger partial charge in [0.05, 0.1) is 7.11 Å². The second-order valence-electron chi connectivity index (χ2n) is 8.33. The number of benzene rings is 3. The second kappa shape index (κ2) is 10.9. The van der Waals surface area contributed by atoms with E-state index in [9.17, 15) is 13.2 Å². The van der Waals surface area contributed by atoms with Crippen molar-refractivity contribution in [2.45, 2.75) is 11.5 Å². The summed E-state index contributed by atoms with van der Waals surface area (Å²) in [7, 11) is -0.435. The van der Waals surface area contributed by atoms with Gasteiger partial charge in [0.1, 0.15) is 23.0 Å². The number of hydrogen-bond acceptors (Lipinski definition) is 6. The molecule has 0 atom stereocenters. The van der Waals surface area contributed by atoms with Crippen molar-refractivity contribution in [1.82, 2.24) is 9.21 Å². The number of methoxy groups -OCH3 is 1. The molecule has 9 heteroatoms. The summed E-state index contributed by atoms with van der Waals surface area (Å²) < 4.78 is 39.1. The minimum atomic E-state index is -3.81. The molecule has 4 rings (SSSR count). The Morgan fingerprint density at radius 1 is 0.943 bits per heavy atom. The fourth-order valence-electron chi connectivity index (χ4n) is 3.77. The molecule has 0 radical (unpaired) electrons. The van der Waals surface area contributed by atoms with Gasteiger partial charge in [0.25, 0.3) is 5.91 Å². The summed E-state index contributed by atoms with van der Waals surface area (Å²) in [4.78, 5) is 15.0. The molecular weight excluding hydrogens is 466 g/mol. The topological polar surface area (TPSA) is 88.2 Å². The molecule has 8 nitrogen and oxygen atoms in total. The molecule has 1 N–H and O–H groups in total. The van der Waals surface area contributed by atoms with Gasteiger partial charge in [-0.15, -0.1) is 0 Å². The largest absolute Gasteiger partial charge is 0.495 e. The molecule has 1 heterocycles. The first kappa shape index (κ1) is 24.7. The monoisotopic (exact) mass is 495 g/mol. The summed E-state index contributed by atoms with van der Waals surface area (Å²) in [6.07, 6.45) is 0. The number of piperazine rings is 1. The normalized spacial score (nSPS) is 14.9. The minimum Gasteiger partial charge on any atom is -0.495 e. The van der Waals surface area contributed by atoms with Crippen LogP contribution in [0.3, 0.4) is 0 Å². The molecule has 3 aromatic carbocycles. The van der Waals surface area contributed by atoms with E-state index in [0.717, 1.165) is 5.56 Å². The van der Waals surface area contributed by atoms with Crippen molar-refractivity contribution in [2.75, 3.05) is 45.7 Å². The molecule has 184 valence electrons. The van der Waals surface area contributed by atoms with Gasteiger partial charge >= 0.3 is 0 Å². The van der Waals surface area contributed by atoms with Gasteiger partial charge in [-0.05, 0) is 55.1 Å². The summed E-state index contributed by atoms with van der Waals surface area (Å²) in [6, 6.07) is 21.3. The lowest BCUT2D eigenvalue weighted by molar-refractivity contribution is 0.102. The molecule has 1 fully saturated rings. The first-order valence-corrected chi connectivity index (χ1v) is 12.8. The lowest BCUT2D eigenvalue weighted by Crippen LogP contribution is -2.47. The number of ether oxygens (including phenoxy) is 2. The highest BCUT2D eigenvalue weighted by atomic mass is 32.2. The maximum atomic E-state index is 13.3. The van der Waals surface area contributed by atoms with Crippen molar-refractivity contribution in [3.8, 4) is 11.5 Å². The van der Waals surface area contributed by atoms with Crippen molar-refractivity contribution >= 4 is 21.6 Å². The van der Waals surface area contributed by atoms with Gasteiger partial charge in [0, 0.05) is 37.4 Å². The van der Waals surface area contributed by atoms with E-state index in [4.69, 9.17) is 9.47 Å². The van der Waals surface area contributed by atoms with Crippen LogP contribution in [-0.2, 0) is 16.6 Å². The van der Waals surface area contributed by atoms with Crippen LogP contribution in [0.5, 0.6) is 11.5 Å². The third kappa shape index (κ3) is 6.00. The SMILES string of the molecule is COc1ccc(C(=O)Nc2ccc(OCc3ccccc3)cc2)cc1S(=O)(=O)N1CCN(C)CC1. The van der Waals surface area contributed by atoms with Gasteiger partial charge in [0.2, 0.25) is 10.0 Å². The Morgan fingerprint density at radius 3 is 2.29 bits per heavy atom. The maximum absolute atomic E-state index is 13.3. The summed E-state index contributed by atoms with van der Waals surface area (Å²) in [6.45, 7) is 2.51. The van der Waals surface area contributed by atoms with Crippen LogP contribution in [-0.4, -0.2) is 63.9 Å². The number of carbonyl (C=O) groups excluding carboxylic acids is 1. The van der Waals surface area contributed by atoms with Gasteiger partial charge in [-0.3, -0.25) is 4.79 Å². The van der Waals surface area contributed by atoms with E-state index in [-0.39, 0.29) is 16.2 Å². The number of carbonyl (C=O) groups is 1. The van der Waals surface area contributed by atoms with E-state index < -0.39 is 15.9 Å². The Labute approximate surface area is 206 Å². The zero-order valence-electron chi connectivity index (χ0n) is 19.8. The zero-order valence-corrected chi connectivity index (χ0v) is 20.6.